The molecule has 0 aromatic heterocycles. The van der Waals surface area contributed by atoms with Gasteiger partial charge in [0, 0.05) is 32.3 Å². The van der Waals surface area contributed by atoms with Crippen LogP contribution in [0.15, 0.2) is 72.9 Å². The fourth-order valence-corrected chi connectivity index (χ4v) is 3.79. The predicted molar refractivity (Wildman–Crippen MR) is 174 cm³/mol. The zero-order valence-corrected chi connectivity index (χ0v) is 29.5. The van der Waals surface area contributed by atoms with Gasteiger partial charge in [0.05, 0.1) is 0 Å². The number of hydrogen-bond donors (Lipinski definition) is 2. The smallest absolute Gasteiger partial charge is 0.303 e. The zero-order valence-electron chi connectivity index (χ0n) is 26.5. The Kier molecular flexibility index (Phi) is 42.5. The molecule has 0 unspecified atom stereocenters. The molecule has 41 heavy (non-hydrogen) atoms. The van der Waals surface area contributed by atoms with E-state index in [-0.39, 0.29) is 19.5 Å². The Hall–Kier alpha value is -2.00. The molecule has 4 nitrogen and oxygen atoms in total. The van der Waals surface area contributed by atoms with Crippen LogP contribution < -0.4 is 0 Å². The summed E-state index contributed by atoms with van der Waals surface area (Å²) in [5.74, 6) is -1.35. The van der Waals surface area contributed by atoms with Crippen molar-refractivity contribution >= 4 is 11.9 Å². The fourth-order valence-electron chi connectivity index (χ4n) is 3.79. The summed E-state index contributed by atoms with van der Waals surface area (Å²) in [5.41, 5.74) is 0. The number of unbranched alkanes of at least 4 members (excludes halogenated alkanes) is 10. The van der Waals surface area contributed by atoms with Gasteiger partial charge in [-0.3, -0.25) is 9.59 Å². The summed E-state index contributed by atoms with van der Waals surface area (Å²) in [6, 6.07) is 0. The molecule has 0 saturated carbocycles. The van der Waals surface area contributed by atoms with Crippen LogP contribution in [0.25, 0.3) is 0 Å². The second-order valence-electron chi connectivity index (χ2n) is 9.99. The van der Waals surface area contributed by atoms with Crippen LogP contribution in [0.2, 0.25) is 0 Å². The van der Waals surface area contributed by atoms with Crippen molar-refractivity contribution in [1.82, 2.24) is 0 Å². The molecule has 0 heterocycles. The molecule has 0 atom stereocenters. The molecule has 0 aromatic rings. The van der Waals surface area contributed by atoms with E-state index in [2.05, 4.69) is 86.8 Å². The van der Waals surface area contributed by atoms with E-state index in [1.165, 1.54) is 25.7 Å². The van der Waals surface area contributed by atoms with E-state index in [1.54, 1.807) is 0 Å². The van der Waals surface area contributed by atoms with Gasteiger partial charge in [0.2, 0.25) is 0 Å². The number of hydrogen-bond acceptors (Lipinski definition) is 2. The monoisotopic (exact) mass is 620 g/mol. The molecule has 0 bridgehead atoms. The maximum absolute atomic E-state index is 10.3. The Balaban J connectivity index is -0.000000688. The molecule has 2 N–H and O–H groups in total. The SMILES string of the molecule is CC/C=C\C/C=C\C/C=C\CCCCCCCC(=O)O.CC/C=C\C/C=C\C/C=C\CCCCCCCC(=O)O.[Zn]. The Morgan fingerprint density at radius 2 is 0.683 bits per heavy atom. The van der Waals surface area contributed by atoms with Gasteiger partial charge in [0.1, 0.15) is 0 Å². The second-order valence-corrected chi connectivity index (χ2v) is 9.99. The van der Waals surface area contributed by atoms with Crippen LogP contribution in [0.4, 0.5) is 0 Å². The van der Waals surface area contributed by atoms with E-state index < -0.39 is 11.9 Å². The zero-order chi connectivity index (χ0) is 29.8. The van der Waals surface area contributed by atoms with Crippen molar-refractivity contribution in [3.8, 4) is 0 Å². The Labute approximate surface area is 265 Å². The van der Waals surface area contributed by atoms with E-state index in [0.717, 1.165) is 89.9 Å². The van der Waals surface area contributed by atoms with Gasteiger partial charge >= 0.3 is 11.9 Å². The summed E-state index contributed by atoms with van der Waals surface area (Å²) < 4.78 is 0. The summed E-state index contributed by atoms with van der Waals surface area (Å²) >= 11 is 0. The van der Waals surface area contributed by atoms with Crippen molar-refractivity contribution in [3.63, 3.8) is 0 Å². The van der Waals surface area contributed by atoms with Crippen LogP contribution in [-0.2, 0) is 29.1 Å². The van der Waals surface area contributed by atoms with Gasteiger partial charge in [-0.2, -0.15) is 0 Å². The molecule has 0 aliphatic carbocycles. The van der Waals surface area contributed by atoms with E-state index in [0.29, 0.717) is 12.8 Å². The van der Waals surface area contributed by atoms with Crippen molar-refractivity contribution in [2.75, 3.05) is 0 Å². The molecule has 0 saturated heterocycles. The minimum atomic E-state index is -0.675. The molecule has 0 aliphatic rings. The van der Waals surface area contributed by atoms with Crippen molar-refractivity contribution in [2.24, 2.45) is 0 Å². The Bertz CT molecular complexity index is 670. The molecular weight excluding hydrogens is 562 g/mol. The van der Waals surface area contributed by atoms with Gasteiger partial charge in [0.15, 0.2) is 0 Å². The van der Waals surface area contributed by atoms with Crippen LogP contribution in [-0.4, -0.2) is 22.2 Å². The van der Waals surface area contributed by atoms with Crippen LogP contribution in [0.1, 0.15) is 142 Å². The van der Waals surface area contributed by atoms with E-state index >= 15 is 0 Å². The summed E-state index contributed by atoms with van der Waals surface area (Å²) in [4.78, 5) is 20.6. The minimum absolute atomic E-state index is 0. The van der Waals surface area contributed by atoms with Crippen molar-refractivity contribution in [2.45, 2.75) is 142 Å². The topological polar surface area (TPSA) is 74.6 Å². The third kappa shape index (κ3) is 48.1. The summed E-state index contributed by atoms with van der Waals surface area (Å²) in [7, 11) is 0. The molecule has 5 heteroatoms. The van der Waals surface area contributed by atoms with Gasteiger partial charge in [-0.15, -0.1) is 0 Å². The molecule has 0 aliphatic heterocycles. The first-order valence-corrected chi connectivity index (χ1v) is 15.9. The largest absolute Gasteiger partial charge is 0.481 e. The fraction of sp³-hybridized carbons (Fsp3) is 0.611. The third-order valence-corrected chi connectivity index (χ3v) is 6.08. The Morgan fingerprint density at radius 1 is 0.415 bits per heavy atom. The molecular formula is C36H60O4Zn. The number of carbonyl (C=O) groups is 2. The number of allylic oxidation sites excluding steroid dienone is 12. The maximum Gasteiger partial charge on any atom is 0.303 e. The molecule has 230 valence electrons. The normalized spacial score (nSPS) is 11.8. The molecule has 0 aromatic carbocycles. The number of rotatable bonds is 26. The maximum atomic E-state index is 10.3. The molecule has 0 fully saturated rings. The first-order chi connectivity index (χ1) is 19.5. The standard InChI is InChI=1S/2C18H30O2.Zn/c2*1-2-3-4-5-6-7-8-9-10-11-12-13-14-15-16-17-18(19)20;/h2*3-4,6-7,9-10H,2,5,8,11-17H2,1H3,(H,19,20);/b2*4-3-,7-6-,10-9-;. The first kappa shape index (κ1) is 43.5. The summed E-state index contributed by atoms with van der Waals surface area (Å²) in [6.07, 6.45) is 46.8. The van der Waals surface area contributed by atoms with Gasteiger partial charge in [0.25, 0.3) is 0 Å². The predicted octanol–water partition coefficient (Wildman–Crippen LogP) is 11.3. The third-order valence-electron chi connectivity index (χ3n) is 6.08. The Morgan fingerprint density at radius 3 is 1.00 bits per heavy atom. The second kappa shape index (κ2) is 40.1. The van der Waals surface area contributed by atoms with Gasteiger partial charge in [-0.1, -0.05) is 125 Å². The van der Waals surface area contributed by atoms with Crippen LogP contribution in [0.5, 0.6) is 0 Å². The number of carboxylic acids is 2. The van der Waals surface area contributed by atoms with Gasteiger partial charge < -0.3 is 10.2 Å². The number of carboxylic acid groups (broad SMARTS) is 2. The summed E-state index contributed by atoms with van der Waals surface area (Å²) in [6.45, 7) is 4.30. The molecule has 0 rings (SSSR count). The van der Waals surface area contributed by atoms with Crippen LogP contribution >= 0.6 is 0 Å². The first-order valence-electron chi connectivity index (χ1n) is 15.9. The van der Waals surface area contributed by atoms with Crippen LogP contribution in [0.3, 0.4) is 0 Å². The minimum Gasteiger partial charge on any atom is -0.481 e. The molecule has 0 radical (unpaired) electrons. The van der Waals surface area contributed by atoms with Gasteiger partial charge in [-0.05, 0) is 77.0 Å². The summed E-state index contributed by atoms with van der Waals surface area (Å²) in [5, 5.41) is 17.0. The van der Waals surface area contributed by atoms with Crippen LogP contribution in [0, 0.1) is 0 Å². The van der Waals surface area contributed by atoms with Gasteiger partial charge in [-0.25, -0.2) is 0 Å². The quantitative estimate of drug-likeness (QED) is 0.0572. The van der Waals surface area contributed by atoms with Crippen molar-refractivity contribution in [3.05, 3.63) is 72.9 Å². The van der Waals surface area contributed by atoms with E-state index in [4.69, 9.17) is 10.2 Å². The average Bonchev–Trinajstić information content (AvgIpc) is 2.93. The van der Waals surface area contributed by atoms with E-state index in [1.807, 2.05) is 0 Å². The van der Waals surface area contributed by atoms with E-state index in [9.17, 15) is 9.59 Å². The molecule has 0 amide bonds. The van der Waals surface area contributed by atoms with Crippen molar-refractivity contribution in [1.29, 1.82) is 0 Å². The average molecular weight is 622 g/mol. The van der Waals surface area contributed by atoms with Crippen molar-refractivity contribution < 1.29 is 39.3 Å². The number of aliphatic carboxylic acids is 2. The molecule has 0 spiro atoms.